The number of halogens is 1. The highest BCUT2D eigenvalue weighted by molar-refractivity contribution is 14.0. The van der Waals surface area contributed by atoms with Crippen LogP contribution < -0.4 is 10.6 Å². The fourth-order valence-corrected chi connectivity index (χ4v) is 2.08. The summed E-state index contributed by atoms with van der Waals surface area (Å²) in [5, 5.41) is 16.2. The van der Waals surface area contributed by atoms with E-state index in [0.717, 1.165) is 5.56 Å². The molecule has 0 saturated heterocycles. The maximum Gasteiger partial charge on any atom is 0.240 e. The van der Waals surface area contributed by atoms with Gasteiger partial charge in [-0.2, -0.15) is 0 Å². The molecule has 25 heavy (non-hydrogen) atoms. The van der Waals surface area contributed by atoms with Crippen LogP contribution >= 0.6 is 24.0 Å². The lowest BCUT2D eigenvalue weighted by Crippen LogP contribution is -2.48. The van der Waals surface area contributed by atoms with Crippen LogP contribution in [0.1, 0.15) is 39.4 Å². The minimum atomic E-state index is -0.710. The molecular weight excluding hydrogens is 433 g/mol. The summed E-state index contributed by atoms with van der Waals surface area (Å²) in [5.41, 5.74) is 0.489. The number of carbonyl (C=O) groups excluding carboxylic acids is 1. The molecule has 1 amide bonds. The molecule has 1 aromatic rings. The number of hydrogen-bond acceptors (Lipinski definition) is 4. The molecular formula is C17H30IN5O2. The van der Waals surface area contributed by atoms with E-state index in [2.05, 4.69) is 20.6 Å². The Bertz CT molecular complexity index is 546. The third-order valence-corrected chi connectivity index (χ3v) is 3.10. The van der Waals surface area contributed by atoms with E-state index in [-0.39, 0.29) is 48.5 Å². The van der Waals surface area contributed by atoms with Crippen LogP contribution in [0.25, 0.3) is 0 Å². The monoisotopic (exact) mass is 463 g/mol. The van der Waals surface area contributed by atoms with Crippen LogP contribution in [0.2, 0.25) is 0 Å². The van der Waals surface area contributed by atoms with Gasteiger partial charge in [-0.25, -0.2) is 0 Å². The van der Waals surface area contributed by atoms with Crippen molar-refractivity contribution in [2.75, 3.05) is 26.7 Å². The molecule has 142 valence electrons. The lowest BCUT2D eigenvalue weighted by Gasteiger charge is -2.25. The molecule has 3 N–H and O–H groups in total. The number of aliphatic hydroxyl groups is 1. The fourth-order valence-electron chi connectivity index (χ4n) is 2.08. The molecule has 0 aliphatic rings. The number of aromatic nitrogens is 1. The Morgan fingerprint density at radius 2 is 1.96 bits per heavy atom. The standard InChI is InChI=1S/C17H29N5O2.HI/c1-6-19-16(22(5)12-15(24)21-17(2,3)4)20-11-14(23)13-7-9-18-10-8-13;/h7-10,14,23H,6,11-12H2,1-5H3,(H,19,20)(H,21,24);1H. The lowest BCUT2D eigenvalue weighted by molar-refractivity contribution is -0.122. The number of rotatable bonds is 6. The van der Waals surface area contributed by atoms with E-state index in [1.54, 1.807) is 36.5 Å². The molecule has 8 heteroatoms. The summed E-state index contributed by atoms with van der Waals surface area (Å²) in [4.78, 5) is 22.1. The number of amides is 1. The molecule has 1 rings (SSSR count). The number of nitrogens with one attached hydrogen (secondary N) is 2. The highest BCUT2D eigenvalue weighted by Crippen LogP contribution is 2.11. The largest absolute Gasteiger partial charge is 0.386 e. The first kappa shape index (κ1) is 23.6. The van der Waals surface area contributed by atoms with E-state index in [1.807, 2.05) is 27.7 Å². The van der Waals surface area contributed by atoms with E-state index >= 15 is 0 Å². The second-order valence-corrected chi connectivity index (χ2v) is 6.65. The molecule has 0 radical (unpaired) electrons. The van der Waals surface area contributed by atoms with Gasteiger partial charge in [0.2, 0.25) is 5.91 Å². The second kappa shape index (κ2) is 11.2. The van der Waals surface area contributed by atoms with E-state index in [1.165, 1.54) is 0 Å². The second-order valence-electron chi connectivity index (χ2n) is 6.65. The molecule has 0 saturated carbocycles. The maximum absolute atomic E-state index is 12.0. The van der Waals surface area contributed by atoms with Crippen LogP contribution in [0.3, 0.4) is 0 Å². The van der Waals surface area contributed by atoms with E-state index in [4.69, 9.17) is 0 Å². The quantitative estimate of drug-likeness (QED) is 0.339. The summed E-state index contributed by atoms with van der Waals surface area (Å²) >= 11 is 0. The van der Waals surface area contributed by atoms with Crippen molar-refractivity contribution in [3.05, 3.63) is 30.1 Å². The topological polar surface area (TPSA) is 89.9 Å². The van der Waals surface area contributed by atoms with Gasteiger partial charge in [-0.3, -0.25) is 14.8 Å². The van der Waals surface area contributed by atoms with Gasteiger partial charge < -0.3 is 20.6 Å². The van der Waals surface area contributed by atoms with Crippen molar-refractivity contribution in [1.29, 1.82) is 0 Å². The molecule has 1 atom stereocenters. The first-order valence-corrected chi connectivity index (χ1v) is 8.11. The summed E-state index contributed by atoms with van der Waals surface area (Å²) < 4.78 is 0. The minimum Gasteiger partial charge on any atom is -0.386 e. The lowest BCUT2D eigenvalue weighted by atomic mass is 10.1. The van der Waals surface area contributed by atoms with Gasteiger partial charge in [0.25, 0.3) is 0 Å². The Kier molecular flexibility index (Phi) is 10.6. The summed E-state index contributed by atoms with van der Waals surface area (Å²) in [6.07, 6.45) is 2.56. The molecule has 0 spiro atoms. The number of guanidine groups is 1. The van der Waals surface area contributed by atoms with Gasteiger partial charge in [0.15, 0.2) is 5.96 Å². The number of hydrogen-bond donors (Lipinski definition) is 3. The molecule has 0 aromatic carbocycles. The van der Waals surface area contributed by atoms with Crippen LogP contribution in [0, 0.1) is 0 Å². The maximum atomic E-state index is 12.0. The van der Waals surface area contributed by atoms with E-state index in [0.29, 0.717) is 12.5 Å². The summed E-state index contributed by atoms with van der Waals surface area (Å²) in [5.74, 6) is 0.500. The zero-order chi connectivity index (χ0) is 18.2. The molecule has 0 bridgehead atoms. The first-order chi connectivity index (χ1) is 11.2. The number of carbonyl (C=O) groups is 1. The Hall–Kier alpha value is -1.42. The Morgan fingerprint density at radius 3 is 2.48 bits per heavy atom. The minimum absolute atomic E-state index is 0. The molecule has 0 aliphatic carbocycles. The number of aliphatic hydroxyl groups excluding tert-OH is 1. The van der Waals surface area contributed by atoms with Gasteiger partial charge in [-0.05, 0) is 45.4 Å². The van der Waals surface area contributed by atoms with Gasteiger partial charge in [0.05, 0.1) is 19.2 Å². The number of likely N-dealkylation sites (N-methyl/N-ethyl adjacent to an activating group) is 1. The van der Waals surface area contributed by atoms with E-state index < -0.39 is 6.10 Å². The van der Waals surface area contributed by atoms with Gasteiger partial charge in [-0.15, -0.1) is 24.0 Å². The highest BCUT2D eigenvalue weighted by atomic mass is 127. The van der Waals surface area contributed by atoms with Gasteiger partial charge in [-0.1, -0.05) is 0 Å². The van der Waals surface area contributed by atoms with Crippen molar-refractivity contribution in [3.63, 3.8) is 0 Å². The highest BCUT2D eigenvalue weighted by Gasteiger charge is 2.17. The number of aliphatic imine (C=N–C) groups is 1. The molecule has 1 aromatic heterocycles. The summed E-state index contributed by atoms with van der Waals surface area (Å²) in [6.45, 7) is 8.85. The van der Waals surface area contributed by atoms with Gasteiger partial charge in [0.1, 0.15) is 0 Å². The average Bonchev–Trinajstić information content (AvgIpc) is 2.49. The normalized spacial score (nSPS) is 12.8. The van der Waals surface area contributed by atoms with Crippen LogP contribution in [-0.2, 0) is 4.79 Å². The smallest absolute Gasteiger partial charge is 0.240 e. The Balaban J connectivity index is 0.00000576. The van der Waals surface area contributed by atoms with Crippen LogP contribution in [0.4, 0.5) is 0 Å². The van der Waals surface area contributed by atoms with Gasteiger partial charge in [0, 0.05) is 31.5 Å². The molecule has 1 unspecified atom stereocenters. The Morgan fingerprint density at radius 1 is 1.36 bits per heavy atom. The first-order valence-electron chi connectivity index (χ1n) is 8.11. The van der Waals surface area contributed by atoms with E-state index in [9.17, 15) is 9.90 Å². The molecule has 7 nitrogen and oxygen atoms in total. The number of nitrogens with zero attached hydrogens (tertiary/aromatic N) is 3. The third-order valence-electron chi connectivity index (χ3n) is 3.10. The van der Waals surface area contributed by atoms with Crippen molar-refractivity contribution in [2.24, 2.45) is 4.99 Å². The Labute approximate surface area is 167 Å². The third kappa shape index (κ3) is 9.59. The molecule has 1 heterocycles. The predicted molar refractivity (Wildman–Crippen MR) is 111 cm³/mol. The zero-order valence-corrected chi connectivity index (χ0v) is 17.9. The van der Waals surface area contributed by atoms with Crippen LogP contribution in [0.15, 0.2) is 29.5 Å². The van der Waals surface area contributed by atoms with Crippen molar-refractivity contribution in [1.82, 2.24) is 20.5 Å². The summed E-state index contributed by atoms with van der Waals surface area (Å²) in [6, 6.07) is 3.52. The van der Waals surface area contributed by atoms with Crippen LogP contribution in [0.5, 0.6) is 0 Å². The zero-order valence-electron chi connectivity index (χ0n) is 15.6. The SMILES string of the molecule is CCNC(=NCC(O)c1ccncc1)N(C)CC(=O)NC(C)(C)C.I. The van der Waals surface area contributed by atoms with Crippen molar-refractivity contribution < 1.29 is 9.90 Å². The predicted octanol–water partition coefficient (Wildman–Crippen LogP) is 1.54. The number of pyridine rings is 1. The van der Waals surface area contributed by atoms with Gasteiger partial charge >= 0.3 is 0 Å². The fraction of sp³-hybridized carbons (Fsp3) is 0.588. The summed E-state index contributed by atoms with van der Waals surface area (Å²) in [7, 11) is 1.79. The average molecular weight is 463 g/mol. The van der Waals surface area contributed by atoms with Crippen LogP contribution in [-0.4, -0.2) is 59.1 Å². The molecule has 0 fully saturated rings. The van der Waals surface area contributed by atoms with Crippen molar-refractivity contribution in [3.8, 4) is 0 Å². The van der Waals surface area contributed by atoms with Crippen molar-refractivity contribution >= 4 is 35.8 Å². The van der Waals surface area contributed by atoms with Crippen molar-refractivity contribution in [2.45, 2.75) is 39.3 Å². The molecule has 0 aliphatic heterocycles.